The Morgan fingerprint density at radius 3 is 2.38 bits per heavy atom. The molecule has 0 aliphatic heterocycles. The molecular weight excluding hydrogens is 623 g/mol. The molecule has 0 aromatic rings. The third kappa shape index (κ3) is 3.74. The molecule has 1 nitrogen and oxygen atoms in total. The smallest absolute Gasteiger partial charge is 0.106 e. The Bertz CT molecular complexity index is 848. The van der Waals surface area contributed by atoms with Crippen molar-refractivity contribution in [1.82, 2.24) is 0 Å². The molecule has 0 aromatic heterocycles. The molecule has 0 amide bonds. The van der Waals surface area contributed by atoms with Crippen LogP contribution >= 0.6 is 0 Å². The molecule has 4 unspecified atom stereocenters. The molecule has 0 heterocycles. The van der Waals surface area contributed by atoms with E-state index in [0.29, 0.717) is 27.9 Å². The zero-order valence-corrected chi connectivity index (χ0v) is 27.4. The van der Waals surface area contributed by atoms with Crippen molar-refractivity contribution in [1.29, 1.82) is 0 Å². The van der Waals surface area contributed by atoms with E-state index in [1.807, 2.05) is 6.92 Å². The van der Waals surface area contributed by atoms with Crippen LogP contribution < -0.4 is 0 Å². The van der Waals surface area contributed by atoms with Crippen molar-refractivity contribution in [2.45, 2.75) is 113 Å². The maximum absolute atomic E-state index is 13.2. The van der Waals surface area contributed by atoms with Gasteiger partial charge in [0, 0.05) is 39.6 Å². The Kier molecular flexibility index (Phi) is 7.88. The van der Waals surface area contributed by atoms with Gasteiger partial charge in [-0.25, -0.2) is 0 Å². The number of hydrogen-bond donors (Lipinski definition) is 0. The van der Waals surface area contributed by atoms with Crippen LogP contribution in [0, 0.1) is 63.1 Å². The predicted molar refractivity (Wildman–Crippen MR) is 134 cm³/mol. The minimum atomic E-state index is -0.199. The summed E-state index contributed by atoms with van der Waals surface area (Å²) in [5.41, 5.74) is 2.81. The zero-order chi connectivity index (χ0) is 23.3. The van der Waals surface area contributed by atoms with Crippen LogP contribution in [0.4, 0.5) is 0 Å². The number of fused-ring (bicyclic) bond motifs is 7. The largest absolute Gasteiger partial charge is 0.314 e. The molecule has 4 fully saturated rings. The topological polar surface area (TPSA) is 17.1 Å². The first-order chi connectivity index (χ1) is 14.8. The van der Waals surface area contributed by atoms with Crippen molar-refractivity contribution >= 4 is 5.78 Å². The van der Waals surface area contributed by atoms with Crippen LogP contribution in [0.15, 0.2) is 11.6 Å². The fourth-order valence-electron chi connectivity index (χ4n) is 10.1. The SMILES string of the molecule is CC(=O)[C@@]12[CH-]C[C@]3(C)C(=CCC4C5(C)CC[C@H](C)[C-](C)[C@@H]5CCC43C)C1CC(C)(C)CC2.[V].[W]. The summed E-state index contributed by atoms with van der Waals surface area (Å²) in [6, 6.07) is 0. The minimum Gasteiger partial charge on any atom is -0.314 e. The number of carbonyl (C=O) groups is 1. The van der Waals surface area contributed by atoms with Gasteiger partial charge in [-0.3, -0.25) is 0 Å². The summed E-state index contributed by atoms with van der Waals surface area (Å²) in [5, 5.41) is 0. The van der Waals surface area contributed by atoms with Crippen LogP contribution in [0.3, 0.4) is 0 Å². The molecule has 191 valence electrons. The number of carbonyl (C=O) groups excluding carboxylic acids is 1. The van der Waals surface area contributed by atoms with Gasteiger partial charge in [-0.1, -0.05) is 89.7 Å². The minimum absolute atomic E-state index is 0. The molecule has 34 heavy (non-hydrogen) atoms. The van der Waals surface area contributed by atoms with Crippen LogP contribution in [0.5, 0.6) is 0 Å². The van der Waals surface area contributed by atoms with Gasteiger partial charge >= 0.3 is 0 Å². The number of Topliss-reactive ketones (excluding diaryl/α,β-unsaturated/α-hetero) is 1. The van der Waals surface area contributed by atoms with E-state index in [1.54, 1.807) is 11.5 Å². The summed E-state index contributed by atoms with van der Waals surface area (Å²) >= 11 is 0. The van der Waals surface area contributed by atoms with Gasteiger partial charge in [0.2, 0.25) is 0 Å². The Hall–Kier alpha value is 0.683. The Morgan fingerprint density at radius 2 is 1.74 bits per heavy atom. The van der Waals surface area contributed by atoms with Crippen molar-refractivity contribution in [2.24, 2.45) is 50.7 Å². The fourth-order valence-corrected chi connectivity index (χ4v) is 10.1. The molecule has 0 bridgehead atoms. The van der Waals surface area contributed by atoms with Crippen molar-refractivity contribution in [3.8, 4) is 0 Å². The molecule has 0 aromatic carbocycles. The molecule has 5 aliphatic rings. The first-order valence-corrected chi connectivity index (χ1v) is 13.7. The summed E-state index contributed by atoms with van der Waals surface area (Å²) in [5.74, 6) is 5.01. The van der Waals surface area contributed by atoms with Gasteiger partial charge in [0.25, 0.3) is 0 Å². The zero-order valence-electron chi connectivity index (χ0n) is 23.1. The molecule has 5 rings (SSSR count). The van der Waals surface area contributed by atoms with E-state index in [9.17, 15) is 4.79 Å². The van der Waals surface area contributed by atoms with Gasteiger partial charge in [0.05, 0.1) is 0 Å². The average Bonchev–Trinajstić information content (AvgIpc) is 2.71. The van der Waals surface area contributed by atoms with Crippen LogP contribution in [-0.2, 0) is 44.4 Å². The molecular formula is C31H48OVW-2. The molecule has 0 saturated heterocycles. The second-order valence-electron chi connectivity index (χ2n) is 14.4. The van der Waals surface area contributed by atoms with Crippen LogP contribution in [0.2, 0.25) is 0 Å². The molecule has 0 spiro atoms. The first-order valence-electron chi connectivity index (χ1n) is 13.7. The Balaban J connectivity index is 0.00000162. The van der Waals surface area contributed by atoms with Crippen molar-refractivity contribution in [3.63, 3.8) is 0 Å². The van der Waals surface area contributed by atoms with Gasteiger partial charge < -0.3 is 17.1 Å². The van der Waals surface area contributed by atoms with Crippen LogP contribution in [0.1, 0.15) is 113 Å². The van der Waals surface area contributed by atoms with Gasteiger partial charge in [-0.05, 0) is 60.7 Å². The number of hydrogen-bond acceptors (Lipinski definition) is 1. The molecule has 0 N–H and O–H groups in total. The third-order valence-corrected chi connectivity index (χ3v) is 12.7. The van der Waals surface area contributed by atoms with E-state index in [1.165, 1.54) is 44.9 Å². The van der Waals surface area contributed by atoms with Crippen molar-refractivity contribution in [2.75, 3.05) is 0 Å². The monoisotopic (exact) mass is 671 g/mol. The van der Waals surface area contributed by atoms with E-state index >= 15 is 0 Å². The van der Waals surface area contributed by atoms with Crippen LogP contribution in [-0.4, -0.2) is 5.78 Å². The second kappa shape index (κ2) is 9.16. The van der Waals surface area contributed by atoms with Crippen molar-refractivity contribution in [3.05, 3.63) is 24.0 Å². The predicted octanol–water partition coefficient (Wildman–Crippen LogP) is 8.39. The van der Waals surface area contributed by atoms with E-state index in [0.717, 1.165) is 30.6 Å². The Morgan fingerprint density at radius 1 is 1.06 bits per heavy atom. The molecule has 3 heteroatoms. The van der Waals surface area contributed by atoms with Gasteiger partial charge in [-0.2, -0.15) is 25.2 Å². The molecule has 4 saturated carbocycles. The van der Waals surface area contributed by atoms with E-state index in [4.69, 9.17) is 0 Å². The summed E-state index contributed by atoms with van der Waals surface area (Å²) in [4.78, 5) is 13.2. The van der Waals surface area contributed by atoms with E-state index in [-0.39, 0.29) is 50.5 Å². The first kappa shape index (κ1) is 29.2. The molecule has 5 aliphatic carbocycles. The standard InChI is InChI=1S/C31H48O.V.W/c1-20-11-13-28(6)23(21(20)2)12-14-30(8)26(28)10-9-24-25-19-27(4,5)15-17-31(25,22(3)32)18-16-29(24,30)7;;/h9,18,20,23,25-26H,10-17,19H2,1-8H3;;/q-2;;/t20-,23-,25?,26?,28?,29+,30?,31+;;/m0../s1. The van der Waals surface area contributed by atoms with E-state index in [2.05, 4.69) is 61.0 Å². The maximum Gasteiger partial charge on any atom is 0.106 e. The quantitative estimate of drug-likeness (QED) is 0.202. The maximum atomic E-state index is 13.2. The Labute approximate surface area is 237 Å². The second-order valence-corrected chi connectivity index (χ2v) is 14.4. The van der Waals surface area contributed by atoms with Gasteiger partial charge in [0.15, 0.2) is 0 Å². The summed E-state index contributed by atoms with van der Waals surface area (Å²) in [7, 11) is 0. The number of ketones is 1. The molecule has 8 atom stereocenters. The fraction of sp³-hybridized carbons (Fsp3) is 0.839. The number of allylic oxidation sites excluding steroid dienone is 2. The average molecular weight is 672 g/mol. The van der Waals surface area contributed by atoms with Gasteiger partial charge in [-0.15, -0.1) is 0 Å². The number of rotatable bonds is 1. The summed E-state index contributed by atoms with van der Waals surface area (Å²) in [6.07, 6.45) is 16.5. The third-order valence-electron chi connectivity index (χ3n) is 12.7. The summed E-state index contributed by atoms with van der Waals surface area (Å²) in [6.45, 7) is 19.6. The van der Waals surface area contributed by atoms with Crippen molar-refractivity contribution < 1.29 is 44.4 Å². The van der Waals surface area contributed by atoms with E-state index < -0.39 is 0 Å². The van der Waals surface area contributed by atoms with Gasteiger partial charge in [0.1, 0.15) is 5.78 Å². The van der Waals surface area contributed by atoms with Crippen LogP contribution in [0.25, 0.3) is 0 Å². The summed E-state index contributed by atoms with van der Waals surface area (Å²) < 4.78 is 0. The normalized spacial score (nSPS) is 49.6. The molecule has 1 radical (unpaired) electrons.